The fourth-order valence-corrected chi connectivity index (χ4v) is 3.67. The lowest BCUT2D eigenvalue weighted by molar-refractivity contribution is 0.182. The molecule has 1 unspecified atom stereocenters. The van der Waals surface area contributed by atoms with Crippen LogP contribution in [0.4, 0.5) is 0 Å². The van der Waals surface area contributed by atoms with Gasteiger partial charge in [0.1, 0.15) is 0 Å². The Labute approximate surface area is 142 Å². The summed E-state index contributed by atoms with van der Waals surface area (Å²) in [5, 5.41) is 4.86. The lowest BCUT2D eigenvalue weighted by Gasteiger charge is -2.14. The van der Waals surface area contributed by atoms with Gasteiger partial charge in [-0.15, -0.1) is 11.8 Å². The quantitative estimate of drug-likeness (QED) is 0.732. The van der Waals surface area contributed by atoms with E-state index in [0.717, 1.165) is 15.9 Å². The van der Waals surface area contributed by atoms with Crippen LogP contribution in [-0.2, 0) is 11.3 Å². The average molecular weight is 391 g/mol. The van der Waals surface area contributed by atoms with Gasteiger partial charge < -0.3 is 10.5 Å². The van der Waals surface area contributed by atoms with Gasteiger partial charge in [0.05, 0.1) is 36.1 Å². The highest BCUT2D eigenvalue weighted by molar-refractivity contribution is 9.10. The Morgan fingerprint density at radius 3 is 3.05 bits per heavy atom. The van der Waals surface area contributed by atoms with Gasteiger partial charge in [0.15, 0.2) is 0 Å². The minimum Gasteiger partial charge on any atom is -0.383 e. The monoisotopic (exact) mass is 389 g/mol. The Bertz CT molecular complexity index is 593. The number of benzene rings is 1. The van der Waals surface area contributed by atoms with E-state index in [4.69, 9.17) is 22.1 Å². The van der Waals surface area contributed by atoms with Crippen molar-refractivity contribution in [2.45, 2.75) is 17.5 Å². The summed E-state index contributed by atoms with van der Waals surface area (Å²) in [6.45, 7) is 1.23. The Kier molecular flexibility index (Phi) is 6.57. The van der Waals surface area contributed by atoms with Crippen molar-refractivity contribution in [1.29, 1.82) is 0 Å². The molecular weight excluding hydrogens is 374 g/mol. The normalized spacial score (nSPS) is 12.6. The first-order chi connectivity index (χ1) is 10.1. The molecule has 1 aromatic heterocycles. The van der Waals surface area contributed by atoms with Crippen molar-refractivity contribution in [3.05, 3.63) is 45.7 Å². The van der Waals surface area contributed by atoms with Crippen LogP contribution in [0.25, 0.3) is 0 Å². The van der Waals surface area contributed by atoms with Gasteiger partial charge in [-0.3, -0.25) is 4.68 Å². The number of ether oxygens (including phenoxy) is 1. The summed E-state index contributed by atoms with van der Waals surface area (Å²) in [5.41, 5.74) is 7.14. The molecule has 0 amide bonds. The number of rotatable bonds is 7. The first-order valence-electron chi connectivity index (χ1n) is 6.46. The minimum absolute atomic E-state index is 0.180. The van der Waals surface area contributed by atoms with E-state index in [0.29, 0.717) is 18.2 Å². The molecule has 0 fully saturated rings. The van der Waals surface area contributed by atoms with E-state index in [-0.39, 0.29) is 6.04 Å². The molecule has 4 nitrogen and oxygen atoms in total. The van der Waals surface area contributed by atoms with Crippen molar-refractivity contribution in [3.8, 4) is 0 Å². The Morgan fingerprint density at radius 2 is 2.33 bits per heavy atom. The van der Waals surface area contributed by atoms with Crippen LogP contribution in [0.3, 0.4) is 0 Å². The molecule has 0 aliphatic carbocycles. The van der Waals surface area contributed by atoms with Crippen LogP contribution in [0.1, 0.15) is 11.7 Å². The SMILES string of the molecule is COCCn1ncc(Cl)c1C(N)CSc1cccc(Br)c1. The smallest absolute Gasteiger partial charge is 0.0834 e. The van der Waals surface area contributed by atoms with Gasteiger partial charge in [-0.25, -0.2) is 0 Å². The maximum absolute atomic E-state index is 6.28. The van der Waals surface area contributed by atoms with E-state index in [1.165, 1.54) is 4.90 Å². The largest absolute Gasteiger partial charge is 0.383 e. The Hall–Kier alpha value is -0.530. The third kappa shape index (κ3) is 4.72. The van der Waals surface area contributed by atoms with Crippen LogP contribution in [0.2, 0.25) is 5.02 Å². The number of methoxy groups -OCH3 is 1. The lowest BCUT2D eigenvalue weighted by Crippen LogP contribution is -2.20. The summed E-state index contributed by atoms with van der Waals surface area (Å²) in [6, 6.07) is 7.96. The van der Waals surface area contributed by atoms with Gasteiger partial charge in [-0.2, -0.15) is 5.10 Å². The zero-order valence-corrected chi connectivity index (χ0v) is 14.8. The van der Waals surface area contributed by atoms with Crippen LogP contribution in [-0.4, -0.2) is 29.3 Å². The molecule has 0 spiro atoms. The fourth-order valence-electron chi connectivity index (χ4n) is 1.92. The Morgan fingerprint density at radius 1 is 1.52 bits per heavy atom. The number of halogens is 2. The predicted molar refractivity (Wildman–Crippen MR) is 90.9 cm³/mol. The van der Waals surface area contributed by atoms with Crippen LogP contribution in [0.15, 0.2) is 39.8 Å². The van der Waals surface area contributed by atoms with Crippen molar-refractivity contribution >= 4 is 39.3 Å². The first kappa shape index (κ1) is 16.8. The molecule has 0 saturated heterocycles. The molecule has 0 aliphatic rings. The van der Waals surface area contributed by atoms with Crippen molar-refractivity contribution in [3.63, 3.8) is 0 Å². The van der Waals surface area contributed by atoms with Crippen molar-refractivity contribution in [2.24, 2.45) is 5.73 Å². The van der Waals surface area contributed by atoms with Crippen molar-refractivity contribution < 1.29 is 4.74 Å². The second-order valence-electron chi connectivity index (χ2n) is 4.47. The lowest BCUT2D eigenvalue weighted by atomic mass is 10.2. The standard InChI is InChI=1S/C14H17BrClN3OS/c1-20-6-5-19-14(12(16)8-18-19)13(17)9-21-11-4-2-3-10(15)7-11/h2-4,7-8,13H,5-6,9,17H2,1H3. The van der Waals surface area contributed by atoms with Crippen LogP contribution in [0.5, 0.6) is 0 Å². The minimum atomic E-state index is -0.180. The molecule has 2 N–H and O–H groups in total. The van der Waals surface area contributed by atoms with E-state index in [1.807, 2.05) is 16.8 Å². The molecule has 0 bridgehead atoms. The van der Waals surface area contributed by atoms with Gasteiger partial charge in [-0.1, -0.05) is 33.6 Å². The molecule has 7 heteroatoms. The third-order valence-corrected chi connectivity index (χ3v) is 4.81. The summed E-state index contributed by atoms with van der Waals surface area (Å²) in [4.78, 5) is 1.17. The van der Waals surface area contributed by atoms with E-state index in [2.05, 4.69) is 33.2 Å². The van der Waals surface area contributed by atoms with E-state index in [9.17, 15) is 0 Å². The topological polar surface area (TPSA) is 53.1 Å². The number of hydrogen-bond donors (Lipinski definition) is 1. The molecule has 21 heavy (non-hydrogen) atoms. The fraction of sp³-hybridized carbons (Fsp3) is 0.357. The number of nitrogens with zero attached hydrogens (tertiary/aromatic N) is 2. The second-order valence-corrected chi connectivity index (χ2v) is 6.88. The maximum Gasteiger partial charge on any atom is 0.0834 e. The molecule has 1 atom stereocenters. The molecule has 2 rings (SSSR count). The average Bonchev–Trinajstić information content (AvgIpc) is 2.83. The summed E-state index contributed by atoms with van der Waals surface area (Å²) < 4.78 is 7.95. The van der Waals surface area contributed by atoms with Crippen molar-refractivity contribution in [1.82, 2.24) is 9.78 Å². The Balaban J connectivity index is 2.02. The van der Waals surface area contributed by atoms with Gasteiger partial charge >= 0.3 is 0 Å². The molecule has 1 aromatic carbocycles. The number of nitrogens with two attached hydrogens (primary N) is 1. The summed E-state index contributed by atoms with van der Waals surface area (Å²) >= 11 is 11.4. The molecule has 2 aromatic rings. The zero-order chi connectivity index (χ0) is 15.2. The number of aromatic nitrogens is 2. The number of hydrogen-bond acceptors (Lipinski definition) is 4. The number of thioether (sulfide) groups is 1. The van der Waals surface area contributed by atoms with Gasteiger partial charge in [0.25, 0.3) is 0 Å². The van der Waals surface area contributed by atoms with Gasteiger partial charge in [-0.05, 0) is 18.2 Å². The van der Waals surface area contributed by atoms with Crippen LogP contribution in [0, 0.1) is 0 Å². The molecular formula is C14H17BrClN3OS. The predicted octanol–water partition coefficient (Wildman–Crippen LogP) is 3.74. The zero-order valence-electron chi connectivity index (χ0n) is 11.6. The molecule has 0 radical (unpaired) electrons. The molecule has 0 saturated carbocycles. The maximum atomic E-state index is 6.28. The van der Waals surface area contributed by atoms with Crippen molar-refractivity contribution in [2.75, 3.05) is 19.5 Å². The van der Waals surface area contributed by atoms with E-state index in [1.54, 1.807) is 25.1 Å². The molecule has 0 aliphatic heterocycles. The molecule has 114 valence electrons. The summed E-state index contributed by atoms with van der Waals surface area (Å²) in [7, 11) is 1.66. The van der Waals surface area contributed by atoms with E-state index >= 15 is 0 Å². The highest BCUT2D eigenvalue weighted by Gasteiger charge is 2.17. The summed E-state index contributed by atoms with van der Waals surface area (Å²) in [6.07, 6.45) is 1.64. The van der Waals surface area contributed by atoms with Gasteiger partial charge in [0.2, 0.25) is 0 Å². The highest BCUT2D eigenvalue weighted by Crippen LogP contribution is 2.28. The van der Waals surface area contributed by atoms with Gasteiger partial charge in [0, 0.05) is 22.2 Å². The summed E-state index contributed by atoms with van der Waals surface area (Å²) in [5.74, 6) is 0.731. The van der Waals surface area contributed by atoms with Crippen LogP contribution < -0.4 is 5.73 Å². The first-order valence-corrected chi connectivity index (χ1v) is 8.61. The third-order valence-electron chi connectivity index (χ3n) is 2.92. The second kappa shape index (κ2) is 8.19. The van der Waals surface area contributed by atoms with E-state index < -0.39 is 0 Å². The van der Waals surface area contributed by atoms with Crippen LogP contribution >= 0.6 is 39.3 Å². The highest BCUT2D eigenvalue weighted by atomic mass is 79.9. The molecule has 1 heterocycles.